The minimum Gasteiger partial charge on any atom is -0.447 e. The summed E-state index contributed by atoms with van der Waals surface area (Å²) in [4.78, 5) is 38.3. The normalized spacial score (nSPS) is 28.7. The largest absolute Gasteiger partial charge is 0.447 e. The van der Waals surface area contributed by atoms with Gasteiger partial charge in [0.15, 0.2) is 0 Å². The number of hydrogen-bond donors (Lipinski definition) is 2. The van der Waals surface area contributed by atoms with Crippen LogP contribution in [0, 0.1) is 11.8 Å². The molecule has 1 heterocycles. The Morgan fingerprint density at radius 2 is 1.93 bits per heavy atom. The van der Waals surface area contributed by atoms with E-state index < -0.39 is 41.8 Å². The van der Waals surface area contributed by atoms with Crippen molar-refractivity contribution in [2.45, 2.75) is 71.2 Å². The maximum absolute atomic E-state index is 13.0. The zero-order valence-corrected chi connectivity index (χ0v) is 16.6. The number of allylic oxidation sites excluding steroid dienone is 1. The molecule has 8 heteroatoms. The molecule has 1 aliphatic carbocycles. The van der Waals surface area contributed by atoms with E-state index in [4.69, 9.17) is 9.47 Å². The van der Waals surface area contributed by atoms with E-state index in [9.17, 15) is 19.5 Å². The molecule has 0 spiro atoms. The molecule has 2 N–H and O–H groups in total. The van der Waals surface area contributed by atoms with Gasteiger partial charge < -0.3 is 19.9 Å². The standard InChI is InChI=1S/C19H30N2O6/c1-11(2)14-10-26-18(25)21(14)16(23)12-8-6-7-9-13(15(12)22)20-17(24)27-19(3,4)5/h6-7,11-15,22H,8-10H2,1-5H3,(H,20,24)/t12-,13+,14-,15-/m0/s1. The van der Waals surface area contributed by atoms with Crippen LogP contribution in [-0.2, 0) is 14.3 Å². The molecule has 8 nitrogen and oxygen atoms in total. The van der Waals surface area contributed by atoms with Crippen molar-refractivity contribution in [3.05, 3.63) is 12.2 Å². The average molecular weight is 382 g/mol. The Bertz CT molecular complexity index is 610. The molecule has 3 amide bonds. The summed E-state index contributed by atoms with van der Waals surface area (Å²) in [6.07, 6.45) is 1.74. The minimum absolute atomic E-state index is 0.0366. The molecule has 0 saturated carbocycles. The van der Waals surface area contributed by atoms with Crippen LogP contribution in [0.5, 0.6) is 0 Å². The summed E-state index contributed by atoms with van der Waals surface area (Å²) in [6.45, 7) is 9.20. The highest BCUT2D eigenvalue weighted by molar-refractivity contribution is 5.95. The van der Waals surface area contributed by atoms with Gasteiger partial charge in [0.2, 0.25) is 5.91 Å². The van der Waals surface area contributed by atoms with Crippen LogP contribution in [0.25, 0.3) is 0 Å². The Morgan fingerprint density at radius 3 is 2.52 bits per heavy atom. The van der Waals surface area contributed by atoms with Crippen molar-refractivity contribution < 1.29 is 29.0 Å². The maximum Gasteiger partial charge on any atom is 0.416 e. The molecule has 2 aliphatic rings. The van der Waals surface area contributed by atoms with Crippen molar-refractivity contribution in [2.75, 3.05) is 6.61 Å². The molecular weight excluding hydrogens is 352 g/mol. The lowest BCUT2D eigenvalue weighted by Crippen LogP contribution is -2.53. The molecule has 0 aromatic heterocycles. The van der Waals surface area contributed by atoms with Crippen molar-refractivity contribution in [3.63, 3.8) is 0 Å². The molecule has 0 unspecified atom stereocenters. The second kappa shape index (κ2) is 8.29. The Balaban J connectivity index is 2.14. The highest BCUT2D eigenvalue weighted by atomic mass is 16.6. The molecule has 2 rings (SSSR count). The zero-order chi connectivity index (χ0) is 20.4. The van der Waals surface area contributed by atoms with E-state index in [-0.39, 0.29) is 25.0 Å². The summed E-state index contributed by atoms with van der Waals surface area (Å²) in [7, 11) is 0. The number of aliphatic hydroxyl groups is 1. The summed E-state index contributed by atoms with van der Waals surface area (Å²) in [6, 6.07) is -1.05. The average Bonchev–Trinajstić information content (AvgIpc) is 2.83. The van der Waals surface area contributed by atoms with E-state index in [1.807, 2.05) is 13.8 Å². The van der Waals surface area contributed by atoms with Gasteiger partial charge >= 0.3 is 12.2 Å². The smallest absolute Gasteiger partial charge is 0.416 e. The molecule has 152 valence electrons. The fourth-order valence-electron chi connectivity index (χ4n) is 3.25. The first-order chi connectivity index (χ1) is 12.5. The van der Waals surface area contributed by atoms with Gasteiger partial charge in [0.1, 0.15) is 12.2 Å². The van der Waals surface area contributed by atoms with Crippen LogP contribution in [0.2, 0.25) is 0 Å². The van der Waals surface area contributed by atoms with Crippen LogP contribution in [0.15, 0.2) is 12.2 Å². The zero-order valence-electron chi connectivity index (χ0n) is 16.6. The second-order valence-electron chi connectivity index (χ2n) is 8.39. The predicted molar refractivity (Wildman–Crippen MR) is 97.8 cm³/mol. The third kappa shape index (κ3) is 5.22. The van der Waals surface area contributed by atoms with Gasteiger partial charge in [0.05, 0.1) is 24.1 Å². The molecule has 27 heavy (non-hydrogen) atoms. The molecule has 0 radical (unpaired) electrons. The first-order valence-corrected chi connectivity index (χ1v) is 9.33. The van der Waals surface area contributed by atoms with E-state index in [1.54, 1.807) is 32.9 Å². The van der Waals surface area contributed by atoms with E-state index in [0.717, 1.165) is 4.90 Å². The van der Waals surface area contributed by atoms with Crippen LogP contribution in [0.3, 0.4) is 0 Å². The van der Waals surface area contributed by atoms with Crippen LogP contribution < -0.4 is 5.32 Å². The molecular formula is C19H30N2O6. The number of ether oxygens (including phenoxy) is 2. The van der Waals surface area contributed by atoms with E-state index in [0.29, 0.717) is 6.42 Å². The second-order valence-corrected chi connectivity index (χ2v) is 8.39. The van der Waals surface area contributed by atoms with E-state index >= 15 is 0 Å². The quantitative estimate of drug-likeness (QED) is 0.725. The maximum atomic E-state index is 13.0. The molecule has 1 saturated heterocycles. The van der Waals surface area contributed by atoms with Gasteiger partial charge in [0.25, 0.3) is 0 Å². The molecule has 4 atom stereocenters. The van der Waals surface area contributed by atoms with Gasteiger partial charge in [-0.05, 0) is 39.5 Å². The fraction of sp³-hybridized carbons (Fsp3) is 0.737. The summed E-state index contributed by atoms with van der Waals surface area (Å²) >= 11 is 0. The Labute approximate surface area is 159 Å². The van der Waals surface area contributed by atoms with Crippen molar-refractivity contribution >= 4 is 18.1 Å². The summed E-state index contributed by atoms with van der Waals surface area (Å²) in [5.41, 5.74) is -0.672. The van der Waals surface area contributed by atoms with Gasteiger partial charge in [-0.15, -0.1) is 0 Å². The lowest BCUT2D eigenvalue weighted by Gasteiger charge is -2.31. The molecule has 0 aromatic rings. The third-order valence-corrected chi connectivity index (χ3v) is 4.70. The van der Waals surface area contributed by atoms with Gasteiger partial charge in [-0.1, -0.05) is 26.0 Å². The number of carbonyl (C=O) groups is 3. The van der Waals surface area contributed by atoms with E-state index in [2.05, 4.69) is 5.32 Å². The SMILES string of the molecule is CC(C)[C@@H]1COC(=O)N1C(=O)[C@H]1CC=CC[C@@H](NC(=O)OC(C)(C)C)[C@H]1O. The fourth-order valence-corrected chi connectivity index (χ4v) is 3.25. The number of cyclic esters (lactones) is 1. The Morgan fingerprint density at radius 1 is 1.30 bits per heavy atom. The highest BCUT2D eigenvalue weighted by Gasteiger charge is 2.45. The number of hydrogen-bond acceptors (Lipinski definition) is 6. The number of alkyl carbamates (subject to hydrolysis) is 1. The van der Waals surface area contributed by atoms with Crippen LogP contribution in [0.1, 0.15) is 47.5 Å². The lowest BCUT2D eigenvalue weighted by molar-refractivity contribution is -0.138. The first kappa shape index (κ1) is 21.2. The van der Waals surface area contributed by atoms with Gasteiger partial charge in [-0.2, -0.15) is 0 Å². The lowest BCUT2D eigenvalue weighted by atomic mass is 9.91. The number of nitrogens with one attached hydrogen (secondary N) is 1. The van der Waals surface area contributed by atoms with Crippen LogP contribution >= 0.6 is 0 Å². The monoisotopic (exact) mass is 382 g/mol. The van der Waals surface area contributed by atoms with Crippen molar-refractivity contribution in [1.29, 1.82) is 0 Å². The van der Waals surface area contributed by atoms with Gasteiger partial charge in [-0.3, -0.25) is 4.79 Å². The minimum atomic E-state index is -1.15. The molecule has 1 aliphatic heterocycles. The molecule has 1 fully saturated rings. The number of rotatable bonds is 3. The molecule has 0 aromatic carbocycles. The van der Waals surface area contributed by atoms with Gasteiger partial charge in [-0.25, -0.2) is 14.5 Å². The number of carbonyl (C=O) groups excluding carboxylic acids is 3. The highest BCUT2D eigenvalue weighted by Crippen LogP contribution is 2.27. The van der Waals surface area contributed by atoms with Gasteiger partial charge in [0, 0.05) is 0 Å². The first-order valence-electron chi connectivity index (χ1n) is 9.33. The number of imide groups is 1. The van der Waals surface area contributed by atoms with Crippen molar-refractivity contribution in [3.8, 4) is 0 Å². The van der Waals surface area contributed by atoms with Crippen molar-refractivity contribution in [2.24, 2.45) is 11.8 Å². The number of aliphatic hydroxyl groups excluding tert-OH is 1. The predicted octanol–water partition coefficient (Wildman–Crippen LogP) is 2.21. The topological polar surface area (TPSA) is 105 Å². The van der Waals surface area contributed by atoms with Crippen LogP contribution in [-0.4, -0.2) is 58.5 Å². The van der Waals surface area contributed by atoms with Crippen LogP contribution in [0.4, 0.5) is 9.59 Å². The van der Waals surface area contributed by atoms with E-state index in [1.165, 1.54) is 0 Å². The number of amides is 3. The Hall–Kier alpha value is -2.09. The number of nitrogens with zero attached hydrogens (tertiary/aromatic N) is 1. The summed E-state index contributed by atoms with van der Waals surface area (Å²) in [5, 5.41) is 13.4. The van der Waals surface area contributed by atoms with Crippen molar-refractivity contribution in [1.82, 2.24) is 10.2 Å². The third-order valence-electron chi connectivity index (χ3n) is 4.70. The summed E-state index contributed by atoms with van der Waals surface area (Å²) in [5.74, 6) is -1.30. The molecule has 0 bridgehead atoms. The Kier molecular flexibility index (Phi) is 6.51. The summed E-state index contributed by atoms with van der Waals surface area (Å²) < 4.78 is 10.3.